The van der Waals surface area contributed by atoms with E-state index in [9.17, 15) is 10.0 Å². The molecule has 3 rings (SSSR count). The largest absolute Gasteiger partial charge is 0.618 e. The quantitative estimate of drug-likeness (QED) is 0.570. The second kappa shape index (κ2) is 4.97. The summed E-state index contributed by atoms with van der Waals surface area (Å²) in [6, 6.07) is 13.8. The Hall–Kier alpha value is -2.95. The second-order valence-electron chi connectivity index (χ2n) is 4.28. The van der Waals surface area contributed by atoms with Crippen molar-refractivity contribution in [3.63, 3.8) is 0 Å². The molecule has 5 heteroatoms. The fraction of sp³-hybridized carbons (Fsp3) is 0. The van der Waals surface area contributed by atoms with Gasteiger partial charge in [0.2, 0.25) is 0 Å². The summed E-state index contributed by atoms with van der Waals surface area (Å²) >= 11 is 0. The third-order valence-corrected chi connectivity index (χ3v) is 2.92. The van der Waals surface area contributed by atoms with Crippen LogP contribution in [0, 0.1) is 5.21 Å². The minimum atomic E-state index is -0.441. The molecule has 0 aliphatic carbocycles. The number of nitrogens with one attached hydrogen (secondary N) is 1. The third kappa shape index (κ3) is 2.29. The zero-order valence-corrected chi connectivity index (χ0v) is 10.5. The normalized spacial score (nSPS) is 10.4. The van der Waals surface area contributed by atoms with Crippen LogP contribution in [0.15, 0.2) is 60.9 Å². The van der Waals surface area contributed by atoms with E-state index in [0.29, 0.717) is 10.4 Å². The summed E-state index contributed by atoms with van der Waals surface area (Å²) in [5, 5.41) is 15.1. The molecule has 1 amide bonds. The molecule has 0 spiro atoms. The van der Waals surface area contributed by atoms with E-state index < -0.39 is 5.91 Å². The number of anilines is 1. The van der Waals surface area contributed by atoms with Gasteiger partial charge in [0.25, 0.3) is 5.69 Å². The summed E-state index contributed by atoms with van der Waals surface area (Å²) in [6.07, 6.45) is 3.00. The molecule has 3 aromatic rings. The average Bonchev–Trinajstić information content (AvgIpc) is 2.47. The van der Waals surface area contributed by atoms with Gasteiger partial charge in [-0.2, -0.15) is 4.73 Å². The average molecular weight is 265 g/mol. The summed E-state index contributed by atoms with van der Waals surface area (Å²) in [7, 11) is 0. The van der Waals surface area contributed by atoms with Gasteiger partial charge in [0.1, 0.15) is 0 Å². The first kappa shape index (κ1) is 12.1. The van der Waals surface area contributed by atoms with Crippen molar-refractivity contribution in [2.24, 2.45) is 0 Å². The Kier molecular flexibility index (Phi) is 3.01. The molecule has 5 nitrogen and oxygen atoms in total. The highest BCUT2D eigenvalue weighted by atomic mass is 16.5. The predicted molar refractivity (Wildman–Crippen MR) is 75.1 cm³/mol. The molecular formula is C15H11N3O2. The van der Waals surface area contributed by atoms with Gasteiger partial charge in [0.15, 0.2) is 6.20 Å². The summed E-state index contributed by atoms with van der Waals surface area (Å²) in [4.78, 5) is 16.2. The molecule has 1 N–H and O–H groups in total. The first-order chi connectivity index (χ1) is 9.74. The predicted octanol–water partition coefficient (Wildman–Crippen LogP) is 2.12. The molecule has 0 fully saturated rings. The zero-order chi connectivity index (χ0) is 13.9. The lowest BCUT2D eigenvalue weighted by atomic mass is 10.2. The standard InChI is InChI=1S/C15H11N3O2/c19-15(14-5-1-2-9-18(14)20)17-12-6-7-13-11(10-12)4-3-8-16-13/h1-10H,(H,17,19). The second-order valence-corrected chi connectivity index (χ2v) is 4.28. The molecule has 0 unspecified atom stereocenters. The Labute approximate surface area is 115 Å². The molecule has 0 saturated heterocycles. The molecule has 2 heterocycles. The number of carbonyl (C=O) groups is 1. The maximum atomic E-state index is 12.0. The molecular weight excluding hydrogens is 254 g/mol. The number of carbonyl (C=O) groups excluding carboxylic acids is 1. The highest BCUT2D eigenvalue weighted by Crippen LogP contribution is 2.17. The van der Waals surface area contributed by atoms with Crippen molar-refractivity contribution in [2.45, 2.75) is 0 Å². The van der Waals surface area contributed by atoms with E-state index in [1.807, 2.05) is 24.3 Å². The van der Waals surface area contributed by atoms with Crippen LogP contribution in [0.4, 0.5) is 5.69 Å². The van der Waals surface area contributed by atoms with E-state index in [1.54, 1.807) is 24.4 Å². The van der Waals surface area contributed by atoms with E-state index in [2.05, 4.69) is 10.3 Å². The fourth-order valence-electron chi connectivity index (χ4n) is 1.95. The van der Waals surface area contributed by atoms with Crippen molar-refractivity contribution in [3.8, 4) is 0 Å². The van der Waals surface area contributed by atoms with Gasteiger partial charge in [-0.05, 0) is 30.3 Å². The lowest BCUT2D eigenvalue weighted by Gasteiger charge is -2.06. The molecule has 0 atom stereocenters. The van der Waals surface area contributed by atoms with Crippen LogP contribution in [0.3, 0.4) is 0 Å². The Morgan fingerprint density at radius 3 is 2.90 bits per heavy atom. The number of fused-ring (bicyclic) bond motifs is 1. The van der Waals surface area contributed by atoms with Crippen LogP contribution in [0.5, 0.6) is 0 Å². The van der Waals surface area contributed by atoms with E-state index in [1.165, 1.54) is 12.3 Å². The van der Waals surface area contributed by atoms with Crippen molar-refractivity contribution in [2.75, 3.05) is 5.32 Å². The minimum absolute atomic E-state index is 0.0544. The van der Waals surface area contributed by atoms with Gasteiger partial charge in [0, 0.05) is 29.4 Å². The van der Waals surface area contributed by atoms with Crippen LogP contribution >= 0.6 is 0 Å². The highest BCUT2D eigenvalue weighted by molar-refractivity contribution is 6.02. The Bertz CT molecular complexity index is 787. The number of amides is 1. The molecule has 0 aliphatic heterocycles. The van der Waals surface area contributed by atoms with Crippen LogP contribution in [0.2, 0.25) is 0 Å². The van der Waals surface area contributed by atoms with E-state index in [0.717, 1.165) is 10.9 Å². The summed E-state index contributed by atoms with van der Waals surface area (Å²) in [5.41, 5.74) is 1.53. The first-order valence-electron chi connectivity index (χ1n) is 6.08. The summed E-state index contributed by atoms with van der Waals surface area (Å²) in [5.74, 6) is -0.441. The van der Waals surface area contributed by atoms with Crippen molar-refractivity contribution in [3.05, 3.63) is 71.8 Å². The lowest BCUT2D eigenvalue weighted by molar-refractivity contribution is -0.607. The monoisotopic (exact) mass is 265 g/mol. The third-order valence-electron chi connectivity index (χ3n) is 2.92. The van der Waals surface area contributed by atoms with E-state index in [4.69, 9.17) is 0 Å². The van der Waals surface area contributed by atoms with Crippen molar-refractivity contribution >= 4 is 22.5 Å². The molecule has 0 radical (unpaired) electrons. The number of benzene rings is 1. The van der Waals surface area contributed by atoms with Crippen molar-refractivity contribution in [1.82, 2.24) is 4.98 Å². The van der Waals surface area contributed by atoms with Crippen LogP contribution in [-0.2, 0) is 0 Å². The zero-order valence-electron chi connectivity index (χ0n) is 10.5. The van der Waals surface area contributed by atoms with Gasteiger partial charge < -0.3 is 10.5 Å². The Balaban J connectivity index is 1.89. The molecule has 1 aromatic carbocycles. The topological polar surface area (TPSA) is 68.9 Å². The van der Waals surface area contributed by atoms with Gasteiger partial charge in [-0.3, -0.25) is 9.78 Å². The number of hydrogen-bond donors (Lipinski definition) is 1. The maximum absolute atomic E-state index is 12.0. The lowest BCUT2D eigenvalue weighted by Crippen LogP contribution is -2.36. The van der Waals surface area contributed by atoms with Gasteiger partial charge in [-0.1, -0.05) is 6.07 Å². The minimum Gasteiger partial charge on any atom is -0.618 e. The number of nitrogens with zero attached hydrogens (tertiary/aromatic N) is 2. The smallest absolute Gasteiger partial charge is 0.321 e. The molecule has 20 heavy (non-hydrogen) atoms. The molecule has 2 aromatic heterocycles. The number of aromatic nitrogens is 2. The number of rotatable bonds is 2. The molecule has 0 bridgehead atoms. The van der Waals surface area contributed by atoms with Crippen molar-refractivity contribution in [1.29, 1.82) is 0 Å². The molecule has 98 valence electrons. The van der Waals surface area contributed by atoms with Crippen LogP contribution in [0.25, 0.3) is 10.9 Å². The van der Waals surface area contributed by atoms with Gasteiger partial charge in [-0.15, -0.1) is 0 Å². The number of pyridine rings is 2. The SMILES string of the molecule is O=C(Nc1ccc2ncccc2c1)c1cccc[n+]1[O-]. The van der Waals surface area contributed by atoms with E-state index in [-0.39, 0.29) is 5.69 Å². The van der Waals surface area contributed by atoms with Crippen LogP contribution in [-0.4, -0.2) is 10.9 Å². The van der Waals surface area contributed by atoms with Crippen molar-refractivity contribution < 1.29 is 9.52 Å². The van der Waals surface area contributed by atoms with Gasteiger partial charge >= 0.3 is 5.91 Å². The highest BCUT2D eigenvalue weighted by Gasteiger charge is 2.14. The number of hydrogen-bond acceptors (Lipinski definition) is 3. The molecule has 0 saturated carbocycles. The summed E-state index contributed by atoms with van der Waals surface area (Å²) in [6.45, 7) is 0. The molecule has 0 aliphatic rings. The Morgan fingerprint density at radius 1 is 1.15 bits per heavy atom. The fourth-order valence-corrected chi connectivity index (χ4v) is 1.95. The van der Waals surface area contributed by atoms with E-state index >= 15 is 0 Å². The first-order valence-corrected chi connectivity index (χ1v) is 6.08. The van der Waals surface area contributed by atoms with Crippen LogP contribution in [0.1, 0.15) is 10.5 Å². The maximum Gasteiger partial charge on any atom is 0.321 e. The van der Waals surface area contributed by atoms with Gasteiger partial charge in [-0.25, -0.2) is 0 Å². The Morgan fingerprint density at radius 2 is 2.05 bits per heavy atom. The van der Waals surface area contributed by atoms with Gasteiger partial charge in [0.05, 0.1) is 5.52 Å². The summed E-state index contributed by atoms with van der Waals surface area (Å²) < 4.78 is 0.540. The van der Waals surface area contributed by atoms with Crippen LogP contribution < -0.4 is 10.0 Å².